The van der Waals surface area contributed by atoms with Crippen molar-refractivity contribution in [3.63, 3.8) is 0 Å². The molecule has 0 unspecified atom stereocenters. The molecular formula is C14H13BrClNO3. The Morgan fingerprint density at radius 3 is 2.85 bits per heavy atom. The number of benzene rings is 1. The van der Waals surface area contributed by atoms with Crippen LogP contribution in [-0.2, 0) is 0 Å². The summed E-state index contributed by atoms with van der Waals surface area (Å²) < 4.78 is 6.05. The quantitative estimate of drug-likeness (QED) is 0.880. The molecule has 106 valence electrons. The molecule has 0 saturated carbocycles. The molecule has 1 amide bonds. The summed E-state index contributed by atoms with van der Waals surface area (Å²) in [6, 6.07) is 8.44. The van der Waals surface area contributed by atoms with E-state index in [-0.39, 0.29) is 12.5 Å². The number of carbonyl (C=O) groups is 1. The normalized spacial score (nSPS) is 12.2. The number of rotatable bonds is 4. The molecule has 2 aromatic rings. The van der Waals surface area contributed by atoms with Crippen molar-refractivity contribution in [2.75, 3.05) is 6.54 Å². The Kier molecular flexibility index (Phi) is 4.86. The van der Waals surface area contributed by atoms with Crippen LogP contribution < -0.4 is 5.32 Å². The Bertz CT molecular complexity index is 627. The Balaban J connectivity index is 2.00. The van der Waals surface area contributed by atoms with Gasteiger partial charge in [-0.05, 0) is 37.3 Å². The Hall–Kier alpha value is -1.30. The Labute approximate surface area is 129 Å². The number of nitrogens with one attached hydrogen (secondary N) is 1. The molecule has 2 N–H and O–H groups in total. The third-order valence-corrected chi connectivity index (χ3v) is 3.54. The second-order valence-electron chi connectivity index (χ2n) is 4.30. The highest BCUT2D eigenvalue weighted by Gasteiger charge is 2.15. The summed E-state index contributed by atoms with van der Waals surface area (Å²) in [7, 11) is 0. The molecule has 1 aromatic carbocycles. The van der Waals surface area contributed by atoms with Gasteiger partial charge in [0.05, 0.1) is 17.1 Å². The largest absolute Gasteiger partial charge is 0.464 e. The minimum absolute atomic E-state index is 0.0502. The van der Waals surface area contributed by atoms with Crippen LogP contribution in [0.2, 0.25) is 5.02 Å². The van der Waals surface area contributed by atoms with E-state index in [0.717, 1.165) is 4.47 Å². The summed E-state index contributed by atoms with van der Waals surface area (Å²) in [5.74, 6) is 0.780. The fourth-order valence-corrected chi connectivity index (χ4v) is 2.25. The fourth-order valence-electron chi connectivity index (χ4n) is 1.69. The third kappa shape index (κ3) is 3.62. The van der Waals surface area contributed by atoms with Crippen molar-refractivity contribution in [3.05, 3.63) is 56.9 Å². The highest BCUT2D eigenvalue weighted by Crippen LogP contribution is 2.21. The SMILES string of the molecule is Cc1ccc([C@H](O)CNC(=O)c2cc(Br)ccc2Cl)o1. The Morgan fingerprint density at radius 2 is 2.20 bits per heavy atom. The number of furan rings is 1. The first kappa shape index (κ1) is 15.1. The van der Waals surface area contributed by atoms with Crippen LogP contribution in [0.5, 0.6) is 0 Å². The molecule has 1 heterocycles. The maximum atomic E-state index is 12.0. The number of carbonyl (C=O) groups excluding carboxylic acids is 1. The fraction of sp³-hybridized carbons (Fsp3) is 0.214. The number of aliphatic hydroxyl groups excluding tert-OH is 1. The van der Waals surface area contributed by atoms with Crippen LogP contribution in [0.3, 0.4) is 0 Å². The van der Waals surface area contributed by atoms with Crippen molar-refractivity contribution < 1.29 is 14.3 Å². The first-order valence-corrected chi connectivity index (χ1v) is 7.12. The van der Waals surface area contributed by atoms with E-state index in [1.165, 1.54) is 0 Å². The molecule has 0 aliphatic heterocycles. The number of hydrogen-bond acceptors (Lipinski definition) is 3. The van der Waals surface area contributed by atoms with Crippen molar-refractivity contribution >= 4 is 33.4 Å². The number of halogens is 2. The van der Waals surface area contributed by atoms with Gasteiger partial charge in [0.1, 0.15) is 17.6 Å². The number of aliphatic hydroxyl groups is 1. The smallest absolute Gasteiger partial charge is 0.252 e. The topological polar surface area (TPSA) is 62.5 Å². The lowest BCUT2D eigenvalue weighted by atomic mass is 10.2. The van der Waals surface area contributed by atoms with Gasteiger partial charge in [-0.2, -0.15) is 0 Å². The molecule has 20 heavy (non-hydrogen) atoms. The van der Waals surface area contributed by atoms with E-state index in [1.54, 1.807) is 37.3 Å². The van der Waals surface area contributed by atoms with Gasteiger partial charge in [-0.1, -0.05) is 27.5 Å². The molecule has 1 aromatic heterocycles. The number of amides is 1. The number of hydrogen-bond donors (Lipinski definition) is 2. The predicted octanol–water partition coefficient (Wildman–Crippen LogP) is 3.47. The minimum Gasteiger partial charge on any atom is -0.464 e. The van der Waals surface area contributed by atoms with Gasteiger partial charge in [0.2, 0.25) is 0 Å². The second kappa shape index (κ2) is 6.43. The third-order valence-electron chi connectivity index (χ3n) is 2.72. The van der Waals surface area contributed by atoms with Crippen LogP contribution in [-0.4, -0.2) is 17.6 Å². The monoisotopic (exact) mass is 357 g/mol. The average molecular weight is 359 g/mol. The average Bonchev–Trinajstić information content (AvgIpc) is 2.85. The highest BCUT2D eigenvalue weighted by molar-refractivity contribution is 9.10. The van der Waals surface area contributed by atoms with E-state index in [9.17, 15) is 9.90 Å². The predicted molar refractivity (Wildman–Crippen MR) is 79.9 cm³/mol. The van der Waals surface area contributed by atoms with Crippen molar-refractivity contribution in [2.45, 2.75) is 13.0 Å². The summed E-state index contributed by atoms with van der Waals surface area (Å²) in [4.78, 5) is 12.0. The van der Waals surface area contributed by atoms with Crippen LogP contribution in [0.25, 0.3) is 0 Å². The molecule has 6 heteroatoms. The summed E-state index contributed by atoms with van der Waals surface area (Å²) in [6.07, 6.45) is -0.890. The van der Waals surface area contributed by atoms with Crippen LogP contribution in [0.15, 0.2) is 39.2 Å². The molecule has 0 aliphatic carbocycles. The molecule has 0 saturated heterocycles. The minimum atomic E-state index is -0.890. The first-order valence-electron chi connectivity index (χ1n) is 5.95. The van der Waals surface area contributed by atoms with Crippen molar-refractivity contribution in [1.82, 2.24) is 5.32 Å². The standard InChI is InChI=1S/C14H13BrClNO3/c1-8-2-5-13(20-8)12(18)7-17-14(19)10-6-9(15)3-4-11(10)16/h2-6,12,18H,7H2,1H3,(H,17,19)/t12-/m1/s1. The van der Waals surface area contributed by atoms with Crippen LogP contribution in [0, 0.1) is 6.92 Å². The molecule has 0 fully saturated rings. The van der Waals surface area contributed by atoms with Crippen LogP contribution in [0.4, 0.5) is 0 Å². The van der Waals surface area contributed by atoms with Gasteiger partial charge in [0.15, 0.2) is 0 Å². The van der Waals surface area contributed by atoms with Gasteiger partial charge in [-0.15, -0.1) is 0 Å². The number of aryl methyl sites for hydroxylation is 1. The van der Waals surface area contributed by atoms with E-state index in [0.29, 0.717) is 22.1 Å². The van der Waals surface area contributed by atoms with Gasteiger partial charge in [-0.3, -0.25) is 4.79 Å². The van der Waals surface area contributed by atoms with Crippen molar-refractivity contribution in [3.8, 4) is 0 Å². The van der Waals surface area contributed by atoms with Crippen LogP contribution in [0.1, 0.15) is 28.0 Å². The van der Waals surface area contributed by atoms with Crippen molar-refractivity contribution in [1.29, 1.82) is 0 Å². The van der Waals surface area contributed by atoms with Crippen LogP contribution >= 0.6 is 27.5 Å². The van der Waals surface area contributed by atoms with Gasteiger partial charge < -0.3 is 14.8 Å². The van der Waals surface area contributed by atoms with E-state index in [2.05, 4.69) is 21.2 Å². The van der Waals surface area contributed by atoms with E-state index in [1.807, 2.05) is 0 Å². The zero-order valence-corrected chi connectivity index (χ0v) is 13.0. The second-order valence-corrected chi connectivity index (χ2v) is 5.62. The van der Waals surface area contributed by atoms with E-state index in [4.69, 9.17) is 16.0 Å². The molecule has 4 nitrogen and oxygen atoms in total. The lowest BCUT2D eigenvalue weighted by molar-refractivity contribution is 0.0900. The zero-order valence-electron chi connectivity index (χ0n) is 10.7. The summed E-state index contributed by atoms with van der Waals surface area (Å²) in [5, 5.41) is 12.9. The van der Waals surface area contributed by atoms with Gasteiger partial charge in [-0.25, -0.2) is 0 Å². The summed E-state index contributed by atoms with van der Waals surface area (Å²) >= 11 is 9.25. The lowest BCUT2D eigenvalue weighted by Gasteiger charge is -2.10. The maximum Gasteiger partial charge on any atom is 0.252 e. The molecule has 0 spiro atoms. The van der Waals surface area contributed by atoms with E-state index >= 15 is 0 Å². The lowest BCUT2D eigenvalue weighted by Crippen LogP contribution is -2.28. The summed E-state index contributed by atoms with van der Waals surface area (Å²) in [5.41, 5.74) is 0.351. The highest BCUT2D eigenvalue weighted by atomic mass is 79.9. The van der Waals surface area contributed by atoms with E-state index < -0.39 is 6.10 Å². The first-order chi connectivity index (χ1) is 9.47. The zero-order chi connectivity index (χ0) is 14.7. The van der Waals surface area contributed by atoms with Gasteiger partial charge in [0.25, 0.3) is 5.91 Å². The molecule has 0 bridgehead atoms. The molecule has 1 atom stereocenters. The Morgan fingerprint density at radius 1 is 1.45 bits per heavy atom. The van der Waals surface area contributed by atoms with Crippen molar-refractivity contribution in [2.24, 2.45) is 0 Å². The maximum absolute atomic E-state index is 12.0. The molecule has 2 rings (SSSR count). The van der Waals surface area contributed by atoms with Gasteiger partial charge in [0, 0.05) is 4.47 Å². The summed E-state index contributed by atoms with van der Waals surface area (Å²) in [6.45, 7) is 1.84. The molecule has 0 aliphatic rings. The van der Waals surface area contributed by atoms with Gasteiger partial charge >= 0.3 is 0 Å². The molecular weight excluding hydrogens is 346 g/mol. The molecule has 0 radical (unpaired) electrons.